The van der Waals surface area contributed by atoms with Gasteiger partial charge in [-0.3, -0.25) is 19.1 Å². The van der Waals surface area contributed by atoms with E-state index in [2.05, 4.69) is 34.8 Å². The van der Waals surface area contributed by atoms with Gasteiger partial charge in [-0.1, -0.05) is 19.6 Å². The highest BCUT2D eigenvalue weighted by molar-refractivity contribution is 6.76. The van der Waals surface area contributed by atoms with Gasteiger partial charge in [-0.05, 0) is 38.4 Å². The molecule has 0 amide bonds. The molecule has 2 aromatic rings. The van der Waals surface area contributed by atoms with E-state index in [0.717, 1.165) is 10.6 Å². The first-order valence-corrected chi connectivity index (χ1v) is 14.1. The zero-order valence-corrected chi connectivity index (χ0v) is 20.6. The Morgan fingerprint density at radius 3 is 2.39 bits per heavy atom. The Morgan fingerprint density at radius 1 is 1.18 bits per heavy atom. The predicted molar refractivity (Wildman–Crippen MR) is 117 cm³/mol. The number of ether oxygens (including phenoxy) is 2. The zero-order chi connectivity index (χ0) is 25.0. The molecular formula is C21H29F3N4O4Si. The van der Waals surface area contributed by atoms with Gasteiger partial charge in [0.25, 0.3) is 0 Å². The fraction of sp³-hybridized carbons (Fsp3) is 0.571. The summed E-state index contributed by atoms with van der Waals surface area (Å²) in [6, 6.07) is 2.17. The van der Waals surface area contributed by atoms with Crippen LogP contribution in [0.5, 0.6) is 0 Å². The molecule has 12 heteroatoms. The number of alkyl halides is 3. The highest BCUT2D eigenvalue weighted by Crippen LogP contribution is 2.31. The van der Waals surface area contributed by atoms with Crippen molar-refractivity contribution < 1.29 is 32.2 Å². The first-order chi connectivity index (χ1) is 15.1. The minimum atomic E-state index is -4.75. The van der Waals surface area contributed by atoms with Crippen LogP contribution >= 0.6 is 0 Å². The Balaban J connectivity index is 2.39. The highest BCUT2D eigenvalue weighted by atomic mass is 28.3. The van der Waals surface area contributed by atoms with E-state index in [9.17, 15) is 22.8 Å². The van der Waals surface area contributed by atoms with Crippen LogP contribution in [0, 0.1) is 0 Å². The van der Waals surface area contributed by atoms with Crippen LogP contribution in [0.1, 0.15) is 42.6 Å². The second-order valence-corrected chi connectivity index (χ2v) is 15.4. The smallest absolute Gasteiger partial charge is 0.451 e. The molecule has 0 fully saturated rings. The summed E-state index contributed by atoms with van der Waals surface area (Å²) in [6.07, 6.45) is -3.35. The molecule has 0 radical (unpaired) electrons. The molecule has 33 heavy (non-hydrogen) atoms. The average molecular weight is 487 g/mol. The molecule has 0 spiro atoms. The van der Waals surface area contributed by atoms with Crippen LogP contribution in [-0.2, 0) is 33.6 Å². The van der Waals surface area contributed by atoms with Gasteiger partial charge in [0.15, 0.2) is 12.1 Å². The number of aldehydes is 1. The molecule has 0 saturated carbocycles. The number of halogens is 3. The topological polar surface area (TPSA) is 96.2 Å². The normalized spacial score (nSPS) is 12.6. The summed E-state index contributed by atoms with van der Waals surface area (Å²) in [6.45, 7) is 11.4. The minimum absolute atomic E-state index is 0.0156. The number of nitrogens with zero attached hydrogens (tertiary/aromatic N) is 4. The maximum absolute atomic E-state index is 13.5. The van der Waals surface area contributed by atoms with E-state index in [1.165, 1.54) is 12.3 Å². The molecule has 2 aromatic heterocycles. The number of rotatable bonds is 9. The van der Waals surface area contributed by atoms with Crippen LogP contribution in [0.15, 0.2) is 12.3 Å². The Labute approximate surface area is 191 Å². The summed E-state index contributed by atoms with van der Waals surface area (Å²) in [5, 5.41) is 6.99. The van der Waals surface area contributed by atoms with Gasteiger partial charge in [0.05, 0.1) is 6.42 Å². The Hall–Kier alpha value is -2.60. The molecule has 182 valence electrons. The zero-order valence-electron chi connectivity index (χ0n) is 19.6. The molecule has 0 atom stereocenters. The molecule has 0 bridgehead atoms. The second-order valence-electron chi connectivity index (χ2n) is 9.77. The number of aromatic nitrogens is 4. The summed E-state index contributed by atoms with van der Waals surface area (Å²) >= 11 is 0. The van der Waals surface area contributed by atoms with Crippen molar-refractivity contribution in [1.82, 2.24) is 19.7 Å². The van der Waals surface area contributed by atoms with E-state index >= 15 is 0 Å². The van der Waals surface area contributed by atoms with Crippen molar-refractivity contribution in [3.05, 3.63) is 29.3 Å². The summed E-state index contributed by atoms with van der Waals surface area (Å²) in [5.41, 5.74) is -0.382. The van der Waals surface area contributed by atoms with Crippen molar-refractivity contribution in [2.45, 2.75) is 71.4 Å². The molecule has 0 aliphatic rings. The van der Waals surface area contributed by atoms with Gasteiger partial charge in [0.1, 0.15) is 18.0 Å². The van der Waals surface area contributed by atoms with E-state index < -0.39 is 38.4 Å². The number of hydrogen-bond donors (Lipinski definition) is 0. The number of esters is 1. The van der Waals surface area contributed by atoms with Crippen LogP contribution in [0.2, 0.25) is 25.7 Å². The first-order valence-electron chi connectivity index (χ1n) is 10.4. The van der Waals surface area contributed by atoms with Crippen LogP contribution in [0.25, 0.3) is 11.4 Å². The van der Waals surface area contributed by atoms with Crippen molar-refractivity contribution >= 4 is 20.3 Å². The lowest BCUT2D eigenvalue weighted by Gasteiger charge is -2.19. The van der Waals surface area contributed by atoms with Gasteiger partial charge in [-0.15, -0.1) is 10.2 Å². The summed E-state index contributed by atoms with van der Waals surface area (Å²) < 4.78 is 52.1. The van der Waals surface area contributed by atoms with Crippen molar-refractivity contribution in [1.29, 1.82) is 0 Å². The predicted octanol–water partition coefficient (Wildman–Crippen LogP) is 4.37. The monoisotopic (exact) mass is 486 g/mol. The average Bonchev–Trinajstić information content (AvgIpc) is 3.07. The van der Waals surface area contributed by atoms with E-state index in [4.69, 9.17) is 9.47 Å². The molecule has 0 aromatic carbocycles. The molecular weight excluding hydrogens is 457 g/mol. The second kappa shape index (κ2) is 10.1. The third kappa shape index (κ3) is 8.04. The summed E-state index contributed by atoms with van der Waals surface area (Å²) in [7, 11) is -1.43. The van der Waals surface area contributed by atoms with Gasteiger partial charge < -0.3 is 9.47 Å². The molecule has 0 aliphatic carbocycles. The van der Waals surface area contributed by atoms with E-state index in [1.54, 1.807) is 20.8 Å². The Bertz CT molecular complexity index is 995. The molecule has 0 saturated heterocycles. The largest absolute Gasteiger partial charge is 0.460 e. The van der Waals surface area contributed by atoms with Gasteiger partial charge >= 0.3 is 12.1 Å². The van der Waals surface area contributed by atoms with Crippen LogP contribution in [-0.4, -0.2) is 52.3 Å². The fourth-order valence-electron chi connectivity index (χ4n) is 2.81. The third-order valence-electron chi connectivity index (χ3n) is 4.35. The van der Waals surface area contributed by atoms with E-state index in [-0.39, 0.29) is 29.1 Å². The fourth-order valence-corrected chi connectivity index (χ4v) is 3.56. The maximum Gasteiger partial charge on any atom is 0.451 e. The van der Waals surface area contributed by atoms with E-state index in [0.29, 0.717) is 12.9 Å². The number of carbonyl (C=O) groups excluding carboxylic acids is 2. The maximum atomic E-state index is 13.5. The molecule has 0 unspecified atom stereocenters. The van der Waals surface area contributed by atoms with Crippen molar-refractivity contribution in [2.24, 2.45) is 0 Å². The molecule has 0 aliphatic heterocycles. The number of carbonyl (C=O) groups is 2. The number of pyridine rings is 1. The van der Waals surface area contributed by atoms with Crippen LogP contribution in [0.3, 0.4) is 0 Å². The van der Waals surface area contributed by atoms with Gasteiger partial charge in [0.2, 0.25) is 5.82 Å². The molecule has 8 nitrogen and oxygen atoms in total. The third-order valence-corrected chi connectivity index (χ3v) is 6.05. The highest BCUT2D eigenvalue weighted by Gasteiger charge is 2.39. The lowest BCUT2D eigenvalue weighted by atomic mass is 10.1. The van der Waals surface area contributed by atoms with Crippen molar-refractivity contribution in [3.63, 3.8) is 0 Å². The molecule has 2 rings (SSSR count). The molecule has 0 N–H and O–H groups in total. The van der Waals surface area contributed by atoms with Crippen molar-refractivity contribution in [2.75, 3.05) is 6.61 Å². The van der Waals surface area contributed by atoms with Crippen molar-refractivity contribution in [3.8, 4) is 11.4 Å². The van der Waals surface area contributed by atoms with Crippen LogP contribution < -0.4 is 0 Å². The standard InChI is InChI=1S/C21H29F3N4O4Si/c1-20(2,3)32-17(30)10-14-9-15(11-25-16(14)12-29)18-26-27-19(21(22,23)24)28(18)13-31-7-8-33(4,5)6/h9,11-12H,7-8,10,13H2,1-6H3. The quantitative estimate of drug-likeness (QED) is 0.225. The number of hydrogen-bond acceptors (Lipinski definition) is 7. The van der Waals surface area contributed by atoms with E-state index in [1.807, 2.05) is 0 Å². The minimum Gasteiger partial charge on any atom is -0.460 e. The Kier molecular flexibility index (Phi) is 8.17. The lowest BCUT2D eigenvalue weighted by molar-refractivity contribution is -0.154. The summed E-state index contributed by atoms with van der Waals surface area (Å²) in [5.74, 6) is -1.94. The van der Waals surface area contributed by atoms with Crippen LogP contribution in [0.4, 0.5) is 13.2 Å². The van der Waals surface area contributed by atoms with Gasteiger partial charge in [-0.2, -0.15) is 13.2 Å². The first kappa shape index (κ1) is 26.6. The lowest BCUT2D eigenvalue weighted by Crippen LogP contribution is -2.25. The van der Waals surface area contributed by atoms with Gasteiger partial charge in [0, 0.05) is 26.4 Å². The molecule has 2 heterocycles. The summed E-state index contributed by atoms with van der Waals surface area (Å²) in [4.78, 5) is 27.6. The van der Waals surface area contributed by atoms with Gasteiger partial charge in [-0.25, -0.2) is 0 Å². The SMILES string of the molecule is CC(C)(C)OC(=O)Cc1cc(-c2nnc(C(F)(F)F)n2COCC[Si](C)(C)C)cnc1C=O. The Morgan fingerprint density at radius 2 is 1.85 bits per heavy atom.